The Kier molecular flexibility index (Phi) is 9.00. The summed E-state index contributed by atoms with van der Waals surface area (Å²) in [6, 6.07) is 7.84. The molecule has 0 spiro atoms. The monoisotopic (exact) mass is 306 g/mol. The van der Waals surface area contributed by atoms with Gasteiger partial charge in [-0.15, -0.1) is 0 Å². The molecule has 0 aromatic heterocycles. The molecule has 0 saturated carbocycles. The average Bonchev–Trinajstić information content (AvgIpc) is 2.53. The number of hydrogen-bond acceptors (Lipinski definition) is 4. The van der Waals surface area contributed by atoms with Gasteiger partial charge in [-0.3, -0.25) is 0 Å². The van der Waals surface area contributed by atoms with Crippen LogP contribution in [0.2, 0.25) is 0 Å². The molecule has 0 bridgehead atoms. The maximum atomic E-state index is 11.3. The highest BCUT2D eigenvalue weighted by molar-refractivity contribution is 5.81. The summed E-state index contributed by atoms with van der Waals surface area (Å²) in [4.78, 5) is 11.3. The molecule has 0 heterocycles. The van der Waals surface area contributed by atoms with Gasteiger partial charge in [-0.1, -0.05) is 31.6 Å². The van der Waals surface area contributed by atoms with E-state index >= 15 is 0 Å². The molecule has 1 rings (SSSR count). The van der Waals surface area contributed by atoms with Crippen molar-refractivity contribution in [3.05, 3.63) is 42.0 Å². The molecule has 0 radical (unpaired) electrons. The minimum atomic E-state index is -0.298. The molecular weight excluding hydrogens is 280 g/mol. The SMILES string of the molecule is CCC[C@H](C/C=C/C(=O)OCC)OCc1ccc(OC)cc1. The van der Waals surface area contributed by atoms with E-state index in [1.807, 2.05) is 30.3 Å². The molecule has 4 nitrogen and oxygen atoms in total. The van der Waals surface area contributed by atoms with Crippen molar-refractivity contribution in [2.45, 2.75) is 45.8 Å². The maximum Gasteiger partial charge on any atom is 0.330 e. The van der Waals surface area contributed by atoms with E-state index in [9.17, 15) is 4.79 Å². The molecule has 1 aromatic rings. The Balaban J connectivity index is 2.43. The summed E-state index contributed by atoms with van der Waals surface area (Å²) < 4.78 is 15.9. The predicted octanol–water partition coefficient (Wildman–Crippen LogP) is 3.89. The number of methoxy groups -OCH3 is 1. The molecule has 1 atom stereocenters. The van der Waals surface area contributed by atoms with Gasteiger partial charge in [0.25, 0.3) is 0 Å². The van der Waals surface area contributed by atoms with Gasteiger partial charge in [-0.25, -0.2) is 4.79 Å². The average molecular weight is 306 g/mol. The third kappa shape index (κ3) is 7.27. The fraction of sp³-hybridized carbons (Fsp3) is 0.500. The Hall–Kier alpha value is -1.81. The lowest BCUT2D eigenvalue weighted by Gasteiger charge is -2.15. The van der Waals surface area contributed by atoms with Crippen molar-refractivity contribution in [1.82, 2.24) is 0 Å². The molecule has 0 unspecified atom stereocenters. The van der Waals surface area contributed by atoms with E-state index < -0.39 is 0 Å². The van der Waals surface area contributed by atoms with E-state index in [0.29, 0.717) is 19.6 Å². The van der Waals surface area contributed by atoms with Crippen molar-refractivity contribution in [3.63, 3.8) is 0 Å². The molecule has 22 heavy (non-hydrogen) atoms. The zero-order chi connectivity index (χ0) is 16.2. The molecule has 4 heteroatoms. The van der Waals surface area contributed by atoms with Crippen LogP contribution in [0.15, 0.2) is 36.4 Å². The largest absolute Gasteiger partial charge is 0.497 e. The molecule has 1 aromatic carbocycles. The summed E-state index contributed by atoms with van der Waals surface area (Å²) in [6.45, 7) is 4.87. The van der Waals surface area contributed by atoms with Crippen molar-refractivity contribution in [2.75, 3.05) is 13.7 Å². The summed E-state index contributed by atoms with van der Waals surface area (Å²) in [5.41, 5.74) is 1.11. The Morgan fingerprint density at radius 3 is 2.55 bits per heavy atom. The maximum absolute atomic E-state index is 11.3. The molecule has 0 aliphatic heterocycles. The number of benzene rings is 1. The van der Waals surface area contributed by atoms with Crippen LogP contribution in [0.4, 0.5) is 0 Å². The number of carbonyl (C=O) groups is 1. The van der Waals surface area contributed by atoms with Gasteiger partial charge in [0, 0.05) is 6.08 Å². The van der Waals surface area contributed by atoms with Crippen LogP contribution in [0.5, 0.6) is 5.75 Å². The molecule has 0 amide bonds. The first-order chi connectivity index (χ1) is 10.7. The van der Waals surface area contributed by atoms with E-state index in [1.165, 1.54) is 6.08 Å². The van der Waals surface area contributed by atoms with Gasteiger partial charge in [-0.2, -0.15) is 0 Å². The number of hydrogen-bond donors (Lipinski definition) is 0. The third-order valence-electron chi connectivity index (χ3n) is 3.19. The van der Waals surface area contributed by atoms with E-state index in [-0.39, 0.29) is 12.1 Å². The van der Waals surface area contributed by atoms with E-state index in [0.717, 1.165) is 24.2 Å². The highest BCUT2D eigenvalue weighted by Gasteiger charge is 2.07. The second-order valence-electron chi connectivity index (χ2n) is 4.96. The molecule has 0 fully saturated rings. The lowest BCUT2D eigenvalue weighted by molar-refractivity contribution is -0.137. The lowest BCUT2D eigenvalue weighted by Crippen LogP contribution is -2.12. The molecule has 0 aliphatic carbocycles. The minimum absolute atomic E-state index is 0.109. The van der Waals surface area contributed by atoms with Crippen molar-refractivity contribution in [2.24, 2.45) is 0 Å². The van der Waals surface area contributed by atoms with Gasteiger partial charge in [0.05, 0.1) is 26.4 Å². The smallest absolute Gasteiger partial charge is 0.330 e. The number of rotatable bonds is 10. The highest BCUT2D eigenvalue weighted by atomic mass is 16.5. The van der Waals surface area contributed by atoms with Gasteiger partial charge < -0.3 is 14.2 Å². The quantitative estimate of drug-likeness (QED) is 0.486. The van der Waals surface area contributed by atoms with Crippen LogP contribution < -0.4 is 4.74 Å². The normalized spacial score (nSPS) is 12.3. The fourth-order valence-electron chi connectivity index (χ4n) is 2.03. The molecule has 122 valence electrons. The van der Waals surface area contributed by atoms with Crippen LogP contribution in [-0.2, 0) is 20.9 Å². The second kappa shape index (κ2) is 10.9. The third-order valence-corrected chi connectivity index (χ3v) is 3.19. The highest BCUT2D eigenvalue weighted by Crippen LogP contribution is 2.15. The summed E-state index contributed by atoms with van der Waals surface area (Å²) in [5.74, 6) is 0.541. The summed E-state index contributed by atoms with van der Waals surface area (Å²) in [5, 5.41) is 0. The summed E-state index contributed by atoms with van der Waals surface area (Å²) in [6.07, 6.45) is 6.12. The summed E-state index contributed by atoms with van der Waals surface area (Å²) >= 11 is 0. The van der Waals surface area contributed by atoms with Crippen molar-refractivity contribution >= 4 is 5.97 Å². The van der Waals surface area contributed by atoms with Gasteiger partial charge in [0.2, 0.25) is 0 Å². The van der Waals surface area contributed by atoms with Crippen molar-refractivity contribution < 1.29 is 19.0 Å². The molecule has 0 aliphatic rings. The molecule has 0 N–H and O–H groups in total. The first-order valence-corrected chi connectivity index (χ1v) is 7.77. The lowest BCUT2D eigenvalue weighted by atomic mass is 10.1. The first kappa shape index (κ1) is 18.2. The van der Waals surface area contributed by atoms with Crippen LogP contribution in [0.1, 0.15) is 38.7 Å². The van der Waals surface area contributed by atoms with Crippen LogP contribution in [0, 0.1) is 0 Å². The standard InChI is InChI=1S/C18H26O4/c1-4-7-17(8-6-9-18(19)21-5-2)22-14-15-10-12-16(20-3)13-11-15/h6,9-13,17H,4-5,7-8,14H2,1-3H3/b9-6+/t17-/m1/s1. The molecule has 0 saturated heterocycles. The first-order valence-electron chi connectivity index (χ1n) is 7.77. The van der Waals surface area contributed by atoms with Gasteiger partial charge >= 0.3 is 5.97 Å². The van der Waals surface area contributed by atoms with Crippen LogP contribution in [0.3, 0.4) is 0 Å². The number of carbonyl (C=O) groups excluding carboxylic acids is 1. The van der Waals surface area contributed by atoms with Gasteiger partial charge in [-0.05, 0) is 37.5 Å². The second-order valence-corrected chi connectivity index (χ2v) is 4.96. The van der Waals surface area contributed by atoms with E-state index in [4.69, 9.17) is 14.2 Å². The van der Waals surface area contributed by atoms with Crippen LogP contribution >= 0.6 is 0 Å². The Bertz CT molecular complexity index is 451. The van der Waals surface area contributed by atoms with Crippen molar-refractivity contribution in [3.8, 4) is 5.75 Å². The Morgan fingerprint density at radius 1 is 1.23 bits per heavy atom. The molecular formula is C18H26O4. The zero-order valence-electron chi connectivity index (χ0n) is 13.7. The van der Waals surface area contributed by atoms with E-state index in [1.54, 1.807) is 14.0 Å². The number of esters is 1. The Labute approximate surface area is 133 Å². The van der Waals surface area contributed by atoms with E-state index in [2.05, 4.69) is 6.92 Å². The fourth-order valence-corrected chi connectivity index (χ4v) is 2.03. The zero-order valence-corrected chi connectivity index (χ0v) is 13.7. The predicted molar refractivity (Wildman–Crippen MR) is 86.9 cm³/mol. The minimum Gasteiger partial charge on any atom is -0.497 e. The summed E-state index contributed by atoms with van der Waals surface area (Å²) in [7, 11) is 1.65. The van der Waals surface area contributed by atoms with Crippen molar-refractivity contribution in [1.29, 1.82) is 0 Å². The van der Waals surface area contributed by atoms with Gasteiger partial charge in [0.15, 0.2) is 0 Å². The number of ether oxygens (including phenoxy) is 3. The topological polar surface area (TPSA) is 44.8 Å². The van der Waals surface area contributed by atoms with Crippen LogP contribution in [-0.4, -0.2) is 25.8 Å². The Morgan fingerprint density at radius 2 is 1.95 bits per heavy atom. The van der Waals surface area contributed by atoms with Gasteiger partial charge in [0.1, 0.15) is 5.75 Å². The van der Waals surface area contributed by atoms with Crippen LogP contribution in [0.25, 0.3) is 0 Å².